The van der Waals surface area contributed by atoms with Crippen molar-refractivity contribution in [1.82, 2.24) is 14.9 Å². The highest BCUT2D eigenvalue weighted by molar-refractivity contribution is 5.17. The summed E-state index contributed by atoms with van der Waals surface area (Å²) in [7, 11) is 4.14. The molecule has 1 aromatic rings. The third-order valence-electron chi connectivity index (χ3n) is 2.47. The lowest BCUT2D eigenvalue weighted by atomic mass is 10.0. The van der Waals surface area contributed by atoms with Gasteiger partial charge in [0.25, 0.3) is 0 Å². The van der Waals surface area contributed by atoms with Crippen LogP contribution in [0.4, 0.5) is 0 Å². The van der Waals surface area contributed by atoms with Crippen LogP contribution in [0.15, 0.2) is 0 Å². The van der Waals surface area contributed by atoms with Crippen LogP contribution in [0.25, 0.3) is 0 Å². The van der Waals surface area contributed by atoms with E-state index in [-0.39, 0.29) is 0 Å². The Morgan fingerprint density at radius 3 is 2.77 bits per heavy atom. The summed E-state index contributed by atoms with van der Waals surface area (Å²) in [6.45, 7) is 0.924. The number of aromatic nitrogens is 2. The smallest absolute Gasteiger partial charge is 0.120 e. The number of nitrogens with one attached hydrogen (secondary N) is 1. The van der Waals surface area contributed by atoms with E-state index in [0.29, 0.717) is 0 Å². The van der Waals surface area contributed by atoms with Crippen molar-refractivity contribution in [2.24, 2.45) is 0 Å². The Balaban J connectivity index is 2.15. The normalized spacial score (nSPS) is 16.2. The predicted octanol–water partition coefficient (Wildman–Crippen LogP) is 1.35. The number of hydrogen-bond acceptors (Lipinski definition) is 2. The maximum atomic E-state index is 4.59. The van der Waals surface area contributed by atoms with Gasteiger partial charge in [0, 0.05) is 5.69 Å². The van der Waals surface area contributed by atoms with Crippen LogP contribution in [0.2, 0.25) is 0 Å². The lowest BCUT2D eigenvalue weighted by Gasteiger charge is -2.07. The van der Waals surface area contributed by atoms with E-state index in [0.717, 1.165) is 12.4 Å². The van der Waals surface area contributed by atoms with Gasteiger partial charge in [0.1, 0.15) is 5.82 Å². The maximum absolute atomic E-state index is 4.59. The van der Waals surface area contributed by atoms with Crippen LogP contribution in [0.5, 0.6) is 0 Å². The zero-order valence-electron chi connectivity index (χ0n) is 8.43. The second-order valence-corrected chi connectivity index (χ2v) is 4.05. The molecule has 13 heavy (non-hydrogen) atoms. The van der Waals surface area contributed by atoms with Crippen molar-refractivity contribution >= 4 is 0 Å². The van der Waals surface area contributed by atoms with Gasteiger partial charge in [-0.3, -0.25) is 0 Å². The van der Waals surface area contributed by atoms with Gasteiger partial charge in [-0.2, -0.15) is 0 Å². The van der Waals surface area contributed by atoms with Gasteiger partial charge in [-0.25, -0.2) is 4.98 Å². The molecule has 0 unspecified atom stereocenters. The quantitative estimate of drug-likeness (QED) is 0.743. The first-order valence-electron chi connectivity index (χ1n) is 4.97. The molecular formula is C10H17N3. The van der Waals surface area contributed by atoms with E-state index in [9.17, 15) is 0 Å². The van der Waals surface area contributed by atoms with E-state index < -0.39 is 0 Å². The van der Waals surface area contributed by atoms with Crippen LogP contribution in [-0.4, -0.2) is 29.0 Å². The second-order valence-electron chi connectivity index (χ2n) is 4.05. The second kappa shape index (κ2) is 3.50. The fourth-order valence-electron chi connectivity index (χ4n) is 1.89. The zero-order valence-corrected chi connectivity index (χ0v) is 8.43. The first kappa shape index (κ1) is 8.75. The Morgan fingerprint density at radius 2 is 2.08 bits per heavy atom. The van der Waals surface area contributed by atoms with Crippen LogP contribution in [0.3, 0.4) is 0 Å². The summed E-state index contributed by atoms with van der Waals surface area (Å²) in [6, 6.07) is 0. The minimum absolute atomic E-state index is 0.924. The van der Waals surface area contributed by atoms with Crippen molar-refractivity contribution in [3.63, 3.8) is 0 Å². The minimum Gasteiger partial charge on any atom is -0.345 e. The van der Waals surface area contributed by atoms with Gasteiger partial charge in [-0.15, -0.1) is 0 Å². The average molecular weight is 179 g/mol. The molecule has 1 heterocycles. The van der Waals surface area contributed by atoms with Crippen LogP contribution in [-0.2, 0) is 19.4 Å². The molecule has 3 heteroatoms. The van der Waals surface area contributed by atoms with Gasteiger partial charge in [-0.05, 0) is 39.8 Å². The van der Waals surface area contributed by atoms with Gasteiger partial charge in [-0.1, -0.05) is 0 Å². The molecular weight excluding hydrogens is 162 g/mol. The molecule has 0 amide bonds. The lowest BCUT2D eigenvalue weighted by molar-refractivity contribution is 0.391. The molecule has 0 spiro atoms. The Labute approximate surface area is 79.2 Å². The molecule has 1 N–H and O–H groups in total. The predicted molar refractivity (Wildman–Crippen MR) is 52.6 cm³/mol. The molecule has 1 aliphatic rings. The molecule has 0 saturated carbocycles. The number of rotatable bonds is 2. The molecule has 1 aromatic heterocycles. The summed E-state index contributed by atoms with van der Waals surface area (Å²) in [5, 5.41) is 0. The first-order chi connectivity index (χ1) is 6.25. The summed E-state index contributed by atoms with van der Waals surface area (Å²) in [4.78, 5) is 10.1. The minimum atomic E-state index is 0.924. The first-order valence-corrected chi connectivity index (χ1v) is 4.97. The van der Waals surface area contributed by atoms with Crippen molar-refractivity contribution in [1.29, 1.82) is 0 Å². The highest BCUT2D eigenvalue weighted by atomic mass is 15.1. The summed E-state index contributed by atoms with van der Waals surface area (Å²) in [5.74, 6) is 1.12. The SMILES string of the molecule is CN(C)Cc1nc2c([nH]1)CCCC2. The zero-order chi connectivity index (χ0) is 9.26. The van der Waals surface area contributed by atoms with Gasteiger partial charge in [0.15, 0.2) is 0 Å². The highest BCUT2D eigenvalue weighted by Crippen LogP contribution is 2.18. The van der Waals surface area contributed by atoms with E-state index in [2.05, 4.69) is 29.0 Å². The van der Waals surface area contributed by atoms with Gasteiger partial charge in [0.2, 0.25) is 0 Å². The molecule has 3 nitrogen and oxygen atoms in total. The van der Waals surface area contributed by atoms with Crippen molar-refractivity contribution in [3.05, 3.63) is 17.2 Å². The summed E-state index contributed by atoms with van der Waals surface area (Å²) < 4.78 is 0. The molecule has 72 valence electrons. The molecule has 0 saturated heterocycles. The number of hydrogen-bond donors (Lipinski definition) is 1. The van der Waals surface area contributed by atoms with Crippen LogP contribution < -0.4 is 0 Å². The van der Waals surface area contributed by atoms with Crippen molar-refractivity contribution in [3.8, 4) is 0 Å². The monoisotopic (exact) mass is 179 g/mol. The van der Waals surface area contributed by atoms with Crippen LogP contribution in [0.1, 0.15) is 30.1 Å². The molecule has 0 aliphatic heterocycles. The number of H-pyrrole nitrogens is 1. The van der Waals surface area contributed by atoms with E-state index in [1.54, 1.807) is 0 Å². The third-order valence-corrected chi connectivity index (χ3v) is 2.47. The van der Waals surface area contributed by atoms with E-state index in [4.69, 9.17) is 0 Å². The van der Waals surface area contributed by atoms with Crippen LogP contribution >= 0.6 is 0 Å². The van der Waals surface area contributed by atoms with E-state index >= 15 is 0 Å². The molecule has 0 radical (unpaired) electrons. The van der Waals surface area contributed by atoms with Crippen LogP contribution in [0, 0.1) is 0 Å². The standard InChI is InChI=1S/C10H17N3/c1-13(2)7-10-11-8-5-3-4-6-9(8)12-10/h3-7H2,1-2H3,(H,11,12). The van der Waals surface area contributed by atoms with E-state index in [1.807, 2.05) is 0 Å². The summed E-state index contributed by atoms with van der Waals surface area (Å²) in [6.07, 6.45) is 4.98. The molecule has 0 aromatic carbocycles. The Morgan fingerprint density at radius 1 is 1.31 bits per heavy atom. The van der Waals surface area contributed by atoms with Gasteiger partial charge in [0.05, 0.1) is 12.2 Å². The highest BCUT2D eigenvalue weighted by Gasteiger charge is 2.13. The fraction of sp³-hybridized carbons (Fsp3) is 0.700. The number of nitrogens with zero attached hydrogens (tertiary/aromatic N) is 2. The maximum Gasteiger partial charge on any atom is 0.120 e. The van der Waals surface area contributed by atoms with Gasteiger partial charge >= 0.3 is 0 Å². The fourth-order valence-corrected chi connectivity index (χ4v) is 1.89. The largest absolute Gasteiger partial charge is 0.345 e. The molecule has 1 aliphatic carbocycles. The van der Waals surface area contributed by atoms with Crippen molar-refractivity contribution in [2.45, 2.75) is 32.2 Å². The number of imidazole rings is 1. The lowest BCUT2D eigenvalue weighted by Crippen LogP contribution is -2.11. The topological polar surface area (TPSA) is 31.9 Å². The summed E-state index contributed by atoms with van der Waals surface area (Å²) >= 11 is 0. The van der Waals surface area contributed by atoms with Crippen molar-refractivity contribution < 1.29 is 0 Å². The number of fused-ring (bicyclic) bond motifs is 1. The Bertz CT molecular complexity index is 265. The Kier molecular flexibility index (Phi) is 2.36. The number of aryl methyl sites for hydroxylation is 2. The van der Waals surface area contributed by atoms with Gasteiger partial charge < -0.3 is 9.88 Å². The molecule has 0 bridgehead atoms. The third kappa shape index (κ3) is 1.91. The number of aromatic amines is 1. The summed E-state index contributed by atoms with van der Waals surface area (Å²) in [5.41, 5.74) is 2.69. The Hall–Kier alpha value is -0.830. The molecule has 2 rings (SSSR count). The van der Waals surface area contributed by atoms with E-state index in [1.165, 1.54) is 37.1 Å². The molecule has 0 fully saturated rings. The average Bonchev–Trinajstić information content (AvgIpc) is 2.44. The van der Waals surface area contributed by atoms with Crippen molar-refractivity contribution in [2.75, 3.05) is 14.1 Å². The molecule has 0 atom stereocenters.